The van der Waals surface area contributed by atoms with Crippen molar-refractivity contribution in [3.05, 3.63) is 35.9 Å². The third-order valence-corrected chi connectivity index (χ3v) is 2.94. The molecule has 1 atom stereocenters. The first-order valence-electron chi connectivity index (χ1n) is 5.29. The van der Waals surface area contributed by atoms with E-state index < -0.39 is 11.9 Å². The molecule has 92 valence electrons. The minimum absolute atomic E-state index is 0.268. The lowest BCUT2D eigenvalue weighted by Gasteiger charge is -2.14. The molecule has 0 saturated heterocycles. The molecule has 2 amide bonds. The molecule has 0 fully saturated rings. The second kappa shape index (κ2) is 6.96. The van der Waals surface area contributed by atoms with Gasteiger partial charge in [-0.1, -0.05) is 18.2 Å². The predicted molar refractivity (Wildman–Crippen MR) is 69.9 cm³/mol. The van der Waals surface area contributed by atoms with Crippen LogP contribution in [0.3, 0.4) is 0 Å². The molecule has 4 nitrogen and oxygen atoms in total. The van der Waals surface area contributed by atoms with E-state index in [9.17, 15) is 9.59 Å². The number of benzene rings is 1. The van der Waals surface area contributed by atoms with Crippen molar-refractivity contribution in [2.24, 2.45) is 5.73 Å². The Kier molecular flexibility index (Phi) is 5.56. The molecule has 1 aromatic rings. The van der Waals surface area contributed by atoms with Crippen molar-refractivity contribution in [1.82, 2.24) is 5.32 Å². The van der Waals surface area contributed by atoms with Crippen molar-refractivity contribution in [2.75, 3.05) is 12.0 Å². The maximum Gasteiger partial charge on any atom is 0.251 e. The number of amides is 2. The quantitative estimate of drug-likeness (QED) is 0.794. The van der Waals surface area contributed by atoms with E-state index in [-0.39, 0.29) is 5.91 Å². The number of hydrogen-bond donors (Lipinski definition) is 2. The van der Waals surface area contributed by atoms with E-state index in [0.717, 1.165) is 5.75 Å². The van der Waals surface area contributed by atoms with Crippen LogP contribution in [0.1, 0.15) is 16.8 Å². The van der Waals surface area contributed by atoms with Gasteiger partial charge in [-0.05, 0) is 30.6 Å². The van der Waals surface area contributed by atoms with Gasteiger partial charge in [-0.15, -0.1) is 0 Å². The number of nitrogens with two attached hydrogens (primary N) is 1. The highest BCUT2D eigenvalue weighted by molar-refractivity contribution is 7.98. The molecular formula is C12H16N2O2S. The average Bonchev–Trinajstić information content (AvgIpc) is 2.35. The van der Waals surface area contributed by atoms with Crippen molar-refractivity contribution in [3.63, 3.8) is 0 Å². The lowest BCUT2D eigenvalue weighted by Crippen LogP contribution is -2.44. The molecule has 0 aliphatic heterocycles. The number of carbonyl (C=O) groups is 2. The van der Waals surface area contributed by atoms with Crippen LogP contribution < -0.4 is 11.1 Å². The van der Waals surface area contributed by atoms with Crippen molar-refractivity contribution >= 4 is 23.6 Å². The van der Waals surface area contributed by atoms with Crippen molar-refractivity contribution in [3.8, 4) is 0 Å². The normalized spacial score (nSPS) is 11.8. The highest BCUT2D eigenvalue weighted by atomic mass is 32.2. The van der Waals surface area contributed by atoms with Crippen LogP contribution in [0.25, 0.3) is 0 Å². The summed E-state index contributed by atoms with van der Waals surface area (Å²) in [6.45, 7) is 0. The van der Waals surface area contributed by atoms with Crippen LogP contribution in [0.5, 0.6) is 0 Å². The van der Waals surface area contributed by atoms with Gasteiger partial charge in [0.15, 0.2) is 0 Å². The monoisotopic (exact) mass is 252 g/mol. The van der Waals surface area contributed by atoms with E-state index in [4.69, 9.17) is 5.73 Å². The molecule has 3 N–H and O–H groups in total. The minimum Gasteiger partial charge on any atom is -0.368 e. The molecule has 0 aliphatic rings. The third-order valence-electron chi connectivity index (χ3n) is 2.30. The first kappa shape index (κ1) is 13.6. The second-order valence-electron chi connectivity index (χ2n) is 3.58. The van der Waals surface area contributed by atoms with Crippen LogP contribution in [-0.4, -0.2) is 29.9 Å². The van der Waals surface area contributed by atoms with Gasteiger partial charge in [0.05, 0.1) is 0 Å². The van der Waals surface area contributed by atoms with Gasteiger partial charge in [0.1, 0.15) is 6.04 Å². The van der Waals surface area contributed by atoms with Crippen LogP contribution in [0, 0.1) is 0 Å². The van der Waals surface area contributed by atoms with Gasteiger partial charge in [0.25, 0.3) is 5.91 Å². The topological polar surface area (TPSA) is 72.2 Å². The lowest BCUT2D eigenvalue weighted by atomic mass is 10.1. The van der Waals surface area contributed by atoms with Gasteiger partial charge < -0.3 is 11.1 Å². The van der Waals surface area contributed by atoms with E-state index in [0.29, 0.717) is 12.0 Å². The highest BCUT2D eigenvalue weighted by Crippen LogP contribution is 2.03. The summed E-state index contributed by atoms with van der Waals surface area (Å²) in [5, 5.41) is 2.64. The predicted octanol–water partition coefficient (Wildman–Crippen LogP) is 1.02. The standard InChI is InChI=1S/C12H16N2O2S/c1-17-8-7-10(11(13)15)14-12(16)9-5-3-2-4-6-9/h2-6,10H,7-8H2,1H3,(H2,13,15)(H,14,16)/t10-/m1/s1. The summed E-state index contributed by atoms with van der Waals surface area (Å²) in [4.78, 5) is 23.0. The van der Waals surface area contributed by atoms with Crippen molar-refractivity contribution in [2.45, 2.75) is 12.5 Å². The van der Waals surface area contributed by atoms with Crippen LogP contribution in [0.15, 0.2) is 30.3 Å². The van der Waals surface area contributed by atoms with Crippen LogP contribution >= 0.6 is 11.8 Å². The number of primary amides is 1. The van der Waals surface area contributed by atoms with E-state index in [1.54, 1.807) is 36.0 Å². The summed E-state index contributed by atoms with van der Waals surface area (Å²) in [6.07, 6.45) is 2.49. The number of nitrogens with one attached hydrogen (secondary N) is 1. The highest BCUT2D eigenvalue weighted by Gasteiger charge is 2.17. The molecular weight excluding hydrogens is 236 g/mol. The van der Waals surface area contributed by atoms with Crippen molar-refractivity contribution in [1.29, 1.82) is 0 Å². The van der Waals surface area contributed by atoms with Crippen LogP contribution in [-0.2, 0) is 4.79 Å². The molecule has 0 heterocycles. The zero-order chi connectivity index (χ0) is 12.7. The Morgan fingerprint density at radius 2 is 2.00 bits per heavy atom. The average molecular weight is 252 g/mol. The molecule has 1 aromatic carbocycles. The zero-order valence-electron chi connectivity index (χ0n) is 9.68. The van der Waals surface area contributed by atoms with E-state index >= 15 is 0 Å². The summed E-state index contributed by atoms with van der Waals surface area (Å²) in [5.74, 6) is 0.0155. The van der Waals surface area contributed by atoms with Gasteiger partial charge >= 0.3 is 0 Å². The Hall–Kier alpha value is -1.49. The summed E-state index contributed by atoms with van der Waals surface area (Å²) in [5.41, 5.74) is 5.77. The largest absolute Gasteiger partial charge is 0.368 e. The Balaban J connectivity index is 2.61. The maximum atomic E-state index is 11.8. The Morgan fingerprint density at radius 1 is 1.35 bits per heavy atom. The lowest BCUT2D eigenvalue weighted by molar-refractivity contribution is -0.119. The fourth-order valence-electron chi connectivity index (χ4n) is 1.35. The molecule has 0 saturated carbocycles. The summed E-state index contributed by atoms with van der Waals surface area (Å²) < 4.78 is 0. The Labute approximate surface area is 105 Å². The van der Waals surface area contributed by atoms with Gasteiger partial charge in [0.2, 0.25) is 5.91 Å². The number of rotatable bonds is 6. The molecule has 0 unspecified atom stereocenters. The van der Waals surface area contributed by atoms with Crippen LogP contribution in [0.4, 0.5) is 0 Å². The Morgan fingerprint density at radius 3 is 2.53 bits per heavy atom. The van der Waals surface area contributed by atoms with Crippen LogP contribution in [0.2, 0.25) is 0 Å². The van der Waals surface area contributed by atoms with E-state index in [1.165, 1.54) is 0 Å². The molecule has 17 heavy (non-hydrogen) atoms. The molecule has 1 rings (SSSR count). The molecule has 0 spiro atoms. The third kappa shape index (κ3) is 4.48. The summed E-state index contributed by atoms with van der Waals surface area (Å²) in [7, 11) is 0. The first-order valence-corrected chi connectivity index (χ1v) is 6.68. The van der Waals surface area contributed by atoms with Gasteiger partial charge in [-0.25, -0.2) is 0 Å². The fourth-order valence-corrected chi connectivity index (χ4v) is 1.82. The van der Waals surface area contributed by atoms with Gasteiger partial charge in [-0.2, -0.15) is 11.8 Å². The molecule has 5 heteroatoms. The second-order valence-corrected chi connectivity index (χ2v) is 4.56. The van der Waals surface area contributed by atoms with Crippen molar-refractivity contribution < 1.29 is 9.59 Å². The smallest absolute Gasteiger partial charge is 0.251 e. The molecule has 0 radical (unpaired) electrons. The molecule has 0 aromatic heterocycles. The fraction of sp³-hybridized carbons (Fsp3) is 0.333. The SMILES string of the molecule is CSCC[C@@H](NC(=O)c1ccccc1)C(N)=O. The van der Waals surface area contributed by atoms with E-state index in [2.05, 4.69) is 5.32 Å². The van der Waals surface area contributed by atoms with E-state index in [1.807, 2.05) is 12.3 Å². The molecule has 0 bridgehead atoms. The number of hydrogen-bond acceptors (Lipinski definition) is 3. The van der Waals surface area contributed by atoms with Gasteiger partial charge in [0, 0.05) is 5.56 Å². The zero-order valence-corrected chi connectivity index (χ0v) is 10.5. The minimum atomic E-state index is -0.602. The Bertz CT molecular complexity index is 381. The summed E-state index contributed by atoms with van der Waals surface area (Å²) >= 11 is 1.61. The first-order chi connectivity index (χ1) is 8.15. The maximum absolute atomic E-state index is 11.8. The number of thioether (sulfide) groups is 1. The summed E-state index contributed by atoms with van der Waals surface area (Å²) in [6, 6.07) is 8.17. The number of carbonyl (C=O) groups excluding carboxylic acids is 2. The van der Waals surface area contributed by atoms with Gasteiger partial charge in [-0.3, -0.25) is 9.59 Å². The molecule has 0 aliphatic carbocycles.